The van der Waals surface area contributed by atoms with Crippen molar-refractivity contribution in [3.63, 3.8) is 0 Å². The summed E-state index contributed by atoms with van der Waals surface area (Å²) in [4.78, 5) is 12.3. The fourth-order valence-electron chi connectivity index (χ4n) is 2.70. The molecule has 3 rings (SSSR count). The van der Waals surface area contributed by atoms with Crippen LogP contribution in [0, 0.1) is 0 Å². The molecule has 0 spiro atoms. The Hall–Kier alpha value is -2.91. The lowest BCUT2D eigenvalue weighted by atomic mass is 9.86. The van der Waals surface area contributed by atoms with Crippen molar-refractivity contribution in [2.75, 3.05) is 6.54 Å². The molecule has 24 heavy (non-hydrogen) atoms. The van der Waals surface area contributed by atoms with Gasteiger partial charge in [-0.05, 0) is 23.3 Å². The predicted octanol–water partition coefficient (Wildman–Crippen LogP) is 3.35. The van der Waals surface area contributed by atoms with Crippen molar-refractivity contribution in [1.82, 2.24) is 5.32 Å². The largest absolute Gasteiger partial charge is 0.379 e. The number of amides is 1. The Kier molecular flexibility index (Phi) is 4.73. The predicted molar refractivity (Wildman–Crippen MR) is 94.7 cm³/mol. The number of benzene rings is 3. The molecule has 3 aromatic carbocycles. The zero-order chi connectivity index (χ0) is 16.8. The van der Waals surface area contributed by atoms with Crippen molar-refractivity contribution in [2.45, 2.75) is 5.60 Å². The van der Waals surface area contributed by atoms with Crippen LogP contribution in [0.1, 0.15) is 21.5 Å². The number of aliphatic hydroxyl groups is 1. The third-order valence-corrected chi connectivity index (χ3v) is 4.04. The van der Waals surface area contributed by atoms with Gasteiger partial charge in [0.15, 0.2) is 0 Å². The Morgan fingerprint density at radius 1 is 0.750 bits per heavy atom. The molecule has 0 fully saturated rings. The van der Waals surface area contributed by atoms with Gasteiger partial charge in [-0.1, -0.05) is 78.9 Å². The first-order chi connectivity index (χ1) is 11.7. The van der Waals surface area contributed by atoms with Crippen LogP contribution in [0.4, 0.5) is 0 Å². The number of carbonyl (C=O) groups is 1. The standard InChI is InChI=1S/C21H19NO2/c23-20(17-10-4-1-5-11-17)22-16-21(24,18-12-6-2-7-13-18)19-14-8-3-9-15-19/h1-15,24H,16H2,(H,22,23). The third kappa shape index (κ3) is 3.36. The van der Waals surface area contributed by atoms with E-state index < -0.39 is 5.60 Å². The average Bonchev–Trinajstić information content (AvgIpc) is 2.68. The van der Waals surface area contributed by atoms with Crippen LogP contribution in [0.25, 0.3) is 0 Å². The Labute approximate surface area is 141 Å². The highest BCUT2D eigenvalue weighted by atomic mass is 16.3. The first-order valence-electron chi connectivity index (χ1n) is 7.87. The van der Waals surface area contributed by atoms with E-state index in [-0.39, 0.29) is 12.5 Å². The summed E-state index contributed by atoms with van der Waals surface area (Å²) >= 11 is 0. The molecule has 0 heterocycles. The molecule has 0 aromatic heterocycles. The monoisotopic (exact) mass is 317 g/mol. The van der Waals surface area contributed by atoms with E-state index in [9.17, 15) is 9.90 Å². The summed E-state index contributed by atoms with van der Waals surface area (Å²) in [5.41, 5.74) is 0.766. The van der Waals surface area contributed by atoms with E-state index >= 15 is 0 Å². The van der Waals surface area contributed by atoms with Gasteiger partial charge in [0.2, 0.25) is 0 Å². The zero-order valence-electron chi connectivity index (χ0n) is 13.2. The van der Waals surface area contributed by atoms with E-state index in [1.54, 1.807) is 12.1 Å². The Balaban J connectivity index is 1.88. The normalized spacial score (nSPS) is 11.0. The van der Waals surface area contributed by atoms with Crippen molar-refractivity contribution in [1.29, 1.82) is 0 Å². The van der Waals surface area contributed by atoms with Crippen molar-refractivity contribution in [2.24, 2.45) is 0 Å². The zero-order valence-corrected chi connectivity index (χ0v) is 13.2. The lowest BCUT2D eigenvalue weighted by Gasteiger charge is -2.29. The number of rotatable bonds is 5. The number of hydrogen-bond acceptors (Lipinski definition) is 2. The SMILES string of the molecule is O=C(NCC(O)(c1ccccc1)c1ccccc1)c1ccccc1. The van der Waals surface area contributed by atoms with E-state index in [4.69, 9.17) is 0 Å². The van der Waals surface area contributed by atoms with E-state index in [1.165, 1.54) is 0 Å². The molecule has 2 N–H and O–H groups in total. The highest BCUT2D eigenvalue weighted by Gasteiger charge is 2.31. The second-order valence-electron chi connectivity index (χ2n) is 5.64. The molecule has 0 saturated heterocycles. The van der Waals surface area contributed by atoms with Gasteiger partial charge in [0.05, 0.1) is 6.54 Å². The van der Waals surface area contributed by atoms with Gasteiger partial charge in [-0.2, -0.15) is 0 Å². The van der Waals surface area contributed by atoms with Gasteiger partial charge in [-0.15, -0.1) is 0 Å². The molecule has 120 valence electrons. The van der Waals surface area contributed by atoms with Gasteiger partial charge >= 0.3 is 0 Å². The average molecular weight is 317 g/mol. The summed E-state index contributed by atoms with van der Waals surface area (Å²) in [6.07, 6.45) is 0. The highest BCUT2D eigenvalue weighted by molar-refractivity contribution is 5.94. The van der Waals surface area contributed by atoms with E-state index in [0.29, 0.717) is 5.56 Å². The van der Waals surface area contributed by atoms with Crippen molar-refractivity contribution in [3.05, 3.63) is 108 Å². The first kappa shape index (κ1) is 16.0. The van der Waals surface area contributed by atoms with Crippen LogP contribution in [-0.2, 0) is 5.60 Å². The van der Waals surface area contributed by atoms with Gasteiger partial charge in [-0.25, -0.2) is 0 Å². The van der Waals surface area contributed by atoms with Crippen molar-refractivity contribution >= 4 is 5.91 Å². The highest BCUT2D eigenvalue weighted by Crippen LogP contribution is 2.28. The minimum atomic E-state index is -1.28. The second kappa shape index (κ2) is 7.11. The smallest absolute Gasteiger partial charge is 0.251 e. The van der Waals surface area contributed by atoms with Gasteiger partial charge in [-0.3, -0.25) is 4.79 Å². The molecule has 3 aromatic rings. The number of carbonyl (C=O) groups excluding carboxylic acids is 1. The van der Waals surface area contributed by atoms with Crippen LogP contribution >= 0.6 is 0 Å². The molecule has 0 aliphatic carbocycles. The Bertz CT molecular complexity index is 746. The summed E-state index contributed by atoms with van der Waals surface area (Å²) in [6, 6.07) is 27.8. The van der Waals surface area contributed by atoms with E-state index in [2.05, 4.69) is 5.32 Å². The molecule has 3 heteroatoms. The Morgan fingerprint density at radius 3 is 1.62 bits per heavy atom. The van der Waals surface area contributed by atoms with Crippen molar-refractivity contribution < 1.29 is 9.90 Å². The van der Waals surface area contributed by atoms with Crippen LogP contribution in [-0.4, -0.2) is 17.6 Å². The van der Waals surface area contributed by atoms with Crippen molar-refractivity contribution in [3.8, 4) is 0 Å². The minimum Gasteiger partial charge on any atom is -0.379 e. The van der Waals surface area contributed by atoms with E-state index in [0.717, 1.165) is 11.1 Å². The summed E-state index contributed by atoms with van der Waals surface area (Å²) < 4.78 is 0. The maximum atomic E-state index is 12.3. The molecule has 0 aliphatic rings. The molecular formula is C21H19NO2. The van der Waals surface area contributed by atoms with Gasteiger partial charge in [0, 0.05) is 5.56 Å². The summed E-state index contributed by atoms with van der Waals surface area (Å²) in [5.74, 6) is -0.208. The summed E-state index contributed by atoms with van der Waals surface area (Å²) in [7, 11) is 0. The summed E-state index contributed by atoms with van der Waals surface area (Å²) in [5, 5.41) is 14.2. The molecule has 0 unspecified atom stereocenters. The lowest BCUT2D eigenvalue weighted by molar-refractivity contribution is 0.0696. The first-order valence-corrected chi connectivity index (χ1v) is 7.87. The van der Waals surface area contributed by atoms with Crippen LogP contribution < -0.4 is 5.32 Å². The number of nitrogens with one attached hydrogen (secondary N) is 1. The topological polar surface area (TPSA) is 49.3 Å². The second-order valence-corrected chi connectivity index (χ2v) is 5.64. The van der Waals surface area contributed by atoms with Gasteiger partial charge < -0.3 is 10.4 Å². The fourth-order valence-corrected chi connectivity index (χ4v) is 2.70. The van der Waals surface area contributed by atoms with Gasteiger partial charge in [0.1, 0.15) is 5.60 Å². The van der Waals surface area contributed by atoms with Crippen LogP contribution in [0.15, 0.2) is 91.0 Å². The molecule has 0 radical (unpaired) electrons. The lowest BCUT2D eigenvalue weighted by Crippen LogP contribution is -2.41. The molecule has 0 aliphatic heterocycles. The minimum absolute atomic E-state index is 0.0920. The molecular weight excluding hydrogens is 298 g/mol. The summed E-state index contributed by atoms with van der Waals surface area (Å²) in [6.45, 7) is 0.0920. The van der Waals surface area contributed by atoms with Crippen LogP contribution in [0.3, 0.4) is 0 Å². The number of hydrogen-bond donors (Lipinski definition) is 2. The quantitative estimate of drug-likeness (QED) is 0.758. The maximum Gasteiger partial charge on any atom is 0.251 e. The molecule has 1 amide bonds. The van der Waals surface area contributed by atoms with Crippen LogP contribution in [0.2, 0.25) is 0 Å². The maximum absolute atomic E-state index is 12.3. The van der Waals surface area contributed by atoms with Crippen LogP contribution in [0.5, 0.6) is 0 Å². The Morgan fingerprint density at radius 2 is 1.17 bits per heavy atom. The molecule has 0 atom stereocenters. The van der Waals surface area contributed by atoms with Gasteiger partial charge in [0.25, 0.3) is 5.91 Å². The molecule has 0 bridgehead atoms. The molecule has 0 saturated carbocycles. The molecule has 3 nitrogen and oxygen atoms in total. The third-order valence-electron chi connectivity index (χ3n) is 4.04. The van der Waals surface area contributed by atoms with E-state index in [1.807, 2.05) is 78.9 Å². The fraction of sp³-hybridized carbons (Fsp3) is 0.0952.